The van der Waals surface area contributed by atoms with Crippen LogP contribution in [0.15, 0.2) is 47.6 Å². The molecule has 0 spiro atoms. The molecule has 1 aromatic heterocycles. The van der Waals surface area contributed by atoms with Crippen molar-refractivity contribution in [2.45, 2.75) is 51.3 Å². The second-order valence-electron chi connectivity index (χ2n) is 6.75. The third-order valence-electron chi connectivity index (χ3n) is 4.56. The van der Waals surface area contributed by atoms with Gasteiger partial charge < -0.3 is 14.0 Å². The number of rotatable bonds is 8. The number of aromatic nitrogens is 3. The van der Waals surface area contributed by atoms with Gasteiger partial charge in [-0.1, -0.05) is 41.6 Å². The summed E-state index contributed by atoms with van der Waals surface area (Å²) < 4.78 is 13.6. The highest BCUT2D eigenvalue weighted by Gasteiger charge is 2.19. The third-order valence-corrected chi connectivity index (χ3v) is 5.60. The Morgan fingerprint density at radius 1 is 1.11 bits per heavy atom. The summed E-state index contributed by atoms with van der Waals surface area (Å²) in [6, 6.07) is 14.3. The molecule has 0 saturated heterocycles. The van der Waals surface area contributed by atoms with Gasteiger partial charge >= 0.3 is 0 Å². The standard InChI is InChI=1S/C22H27N3O2S/c1-6-25-21(17(4)27-20-11-10-15(2)12-16(20)3)23-24-22(25)28-14-18-8-7-9-19(13-18)26-5/h7-13,17H,6,14H2,1-5H3. The summed E-state index contributed by atoms with van der Waals surface area (Å²) in [6.45, 7) is 9.07. The zero-order valence-corrected chi connectivity index (χ0v) is 17.9. The van der Waals surface area contributed by atoms with E-state index < -0.39 is 0 Å². The zero-order chi connectivity index (χ0) is 20.1. The van der Waals surface area contributed by atoms with Gasteiger partial charge in [-0.3, -0.25) is 0 Å². The van der Waals surface area contributed by atoms with Gasteiger partial charge in [0.1, 0.15) is 11.5 Å². The minimum Gasteiger partial charge on any atom is -0.497 e. The monoisotopic (exact) mass is 397 g/mol. The van der Waals surface area contributed by atoms with Crippen LogP contribution in [0.4, 0.5) is 0 Å². The highest BCUT2D eigenvalue weighted by Crippen LogP contribution is 2.28. The van der Waals surface area contributed by atoms with E-state index in [1.807, 2.05) is 31.2 Å². The molecule has 28 heavy (non-hydrogen) atoms. The quantitative estimate of drug-likeness (QED) is 0.479. The van der Waals surface area contributed by atoms with E-state index in [0.29, 0.717) is 0 Å². The summed E-state index contributed by atoms with van der Waals surface area (Å²) in [6.07, 6.45) is -0.181. The van der Waals surface area contributed by atoms with E-state index in [2.05, 4.69) is 53.7 Å². The van der Waals surface area contributed by atoms with Crippen LogP contribution < -0.4 is 9.47 Å². The molecular formula is C22H27N3O2S. The first-order valence-electron chi connectivity index (χ1n) is 9.44. The maximum absolute atomic E-state index is 6.19. The molecule has 6 heteroatoms. The van der Waals surface area contributed by atoms with Crippen LogP contribution in [0.25, 0.3) is 0 Å². The Bertz CT molecular complexity index is 939. The number of nitrogens with zero attached hydrogens (tertiary/aromatic N) is 3. The largest absolute Gasteiger partial charge is 0.497 e. The van der Waals surface area contributed by atoms with E-state index in [9.17, 15) is 0 Å². The maximum atomic E-state index is 6.19. The van der Waals surface area contributed by atoms with Crippen LogP contribution in [0, 0.1) is 13.8 Å². The molecule has 1 unspecified atom stereocenters. The fraction of sp³-hybridized carbons (Fsp3) is 0.364. The van der Waals surface area contributed by atoms with E-state index >= 15 is 0 Å². The van der Waals surface area contributed by atoms with Crippen LogP contribution >= 0.6 is 11.8 Å². The Hall–Kier alpha value is -2.47. The molecule has 0 radical (unpaired) electrons. The molecule has 2 aromatic carbocycles. The predicted octanol–water partition coefficient (Wildman–Crippen LogP) is 5.36. The summed E-state index contributed by atoms with van der Waals surface area (Å²) in [5.74, 6) is 3.40. The fourth-order valence-electron chi connectivity index (χ4n) is 3.09. The van der Waals surface area contributed by atoms with Gasteiger partial charge in [0.25, 0.3) is 0 Å². The van der Waals surface area contributed by atoms with Crippen LogP contribution in [0.2, 0.25) is 0 Å². The molecule has 0 fully saturated rings. The Kier molecular flexibility index (Phi) is 6.62. The van der Waals surface area contributed by atoms with Gasteiger partial charge in [0.2, 0.25) is 0 Å². The van der Waals surface area contributed by atoms with E-state index in [1.165, 1.54) is 11.1 Å². The van der Waals surface area contributed by atoms with Gasteiger partial charge in [0.15, 0.2) is 17.1 Å². The molecule has 148 valence electrons. The fourth-order valence-corrected chi connectivity index (χ4v) is 4.04. The van der Waals surface area contributed by atoms with Crippen molar-refractivity contribution in [3.8, 4) is 11.5 Å². The number of hydrogen-bond acceptors (Lipinski definition) is 5. The molecule has 0 saturated carbocycles. The Balaban J connectivity index is 1.73. The second-order valence-corrected chi connectivity index (χ2v) is 7.70. The van der Waals surface area contributed by atoms with Crippen molar-refractivity contribution in [2.75, 3.05) is 7.11 Å². The number of ether oxygens (including phenoxy) is 2. The molecule has 0 amide bonds. The number of thioether (sulfide) groups is 1. The molecule has 1 heterocycles. The molecule has 0 aliphatic carbocycles. The van der Waals surface area contributed by atoms with Crippen molar-refractivity contribution >= 4 is 11.8 Å². The van der Waals surface area contributed by atoms with E-state index in [4.69, 9.17) is 9.47 Å². The molecule has 0 N–H and O–H groups in total. The maximum Gasteiger partial charge on any atom is 0.191 e. The van der Waals surface area contributed by atoms with Crippen molar-refractivity contribution in [2.24, 2.45) is 0 Å². The third kappa shape index (κ3) is 4.68. The number of methoxy groups -OCH3 is 1. The minimum absolute atomic E-state index is 0.181. The zero-order valence-electron chi connectivity index (χ0n) is 17.1. The van der Waals surface area contributed by atoms with E-state index in [0.717, 1.165) is 40.3 Å². The van der Waals surface area contributed by atoms with Crippen molar-refractivity contribution in [3.05, 3.63) is 65.0 Å². The first kappa shape index (κ1) is 20.3. The van der Waals surface area contributed by atoms with E-state index in [-0.39, 0.29) is 6.10 Å². The topological polar surface area (TPSA) is 49.2 Å². The first-order chi connectivity index (χ1) is 13.5. The summed E-state index contributed by atoms with van der Waals surface area (Å²) >= 11 is 1.67. The first-order valence-corrected chi connectivity index (χ1v) is 10.4. The molecule has 5 nitrogen and oxygen atoms in total. The van der Waals surface area contributed by atoms with Gasteiger partial charge in [0, 0.05) is 12.3 Å². The van der Waals surface area contributed by atoms with Gasteiger partial charge in [0.05, 0.1) is 7.11 Å². The lowest BCUT2D eigenvalue weighted by atomic mass is 10.1. The number of aryl methyl sites for hydroxylation is 2. The molecule has 0 aliphatic rings. The minimum atomic E-state index is -0.181. The molecule has 1 atom stereocenters. The van der Waals surface area contributed by atoms with Crippen molar-refractivity contribution < 1.29 is 9.47 Å². The molecule has 0 bridgehead atoms. The van der Waals surface area contributed by atoms with Gasteiger partial charge in [-0.2, -0.15) is 0 Å². The summed E-state index contributed by atoms with van der Waals surface area (Å²) in [5, 5.41) is 9.73. The van der Waals surface area contributed by atoms with Crippen LogP contribution in [0.1, 0.15) is 42.5 Å². The normalized spacial score (nSPS) is 12.0. The van der Waals surface area contributed by atoms with E-state index in [1.54, 1.807) is 18.9 Å². The van der Waals surface area contributed by atoms with Crippen LogP contribution in [-0.4, -0.2) is 21.9 Å². The number of hydrogen-bond donors (Lipinski definition) is 0. The van der Waals surface area contributed by atoms with Crippen molar-refractivity contribution in [1.82, 2.24) is 14.8 Å². The van der Waals surface area contributed by atoms with Gasteiger partial charge in [-0.25, -0.2) is 0 Å². The predicted molar refractivity (Wildman–Crippen MR) is 113 cm³/mol. The Morgan fingerprint density at radius 3 is 2.64 bits per heavy atom. The summed E-state index contributed by atoms with van der Waals surface area (Å²) in [7, 11) is 1.68. The average Bonchev–Trinajstić information content (AvgIpc) is 3.11. The van der Waals surface area contributed by atoms with Gasteiger partial charge in [-0.05, 0) is 57.0 Å². The smallest absolute Gasteiger partial charge is 0.191 e. The summed E-state index contributed by atoms with van der Waals surface area (Å²) in [4.78, 5) is 0. The summed E-state index contributed by atoms with van der Waals surface area (Å²) in [5.41, 5.74) is 3.55. The van der Waals surface area contributed by atoms with Crippen LogP contribution in [0.3, 0.4) is 0 Å². The van der Waals surface area contributed by atoms with Crippen LogP contribution in [-0.2, 0) is 12.3 Å². The molecule has 3 aromatic rings. The SMILES string of the molecule is CCn1c(SCc2cccc(OC)c2)nnc1C(C)Oc1ccc(C)cc1C. The van der Waals surface area contributed by atoms with Crippen molar-refractivity contribution in [1.29, 1.82) is 0 Å². The number of benzene rings is 2. The highest BCUT2D eigenvalue weighted by atomic mass is 32.2. The molecule has 0 aliphatic heterocycles. The second kappa shape index (κ2) is 9.15. The Labute approximate surface area is 171 Å². The Morgan fingerprint density at radius 2 is 1.93 bits per heavy atom. The molecular weight excluding hydrogens is 370 g/mol. The van der Waals surface area contributed by atoms with Crippen LogP contribution in [0.5, 0.6) is 11.5 Å². The van der Waals surface area contributed by atoms with Crippen molar-refractivity contribution in [3.63, 3.8) is 0 Å². The lowest BCUT2D eigenvalue weighted by molar-refractivity contribution is 0.208. The molecule has 3 rings (SSSR count). The highest BCUT2D eigenvalue weighted by molar-refractivity contribution is 7.98. The average molecular weight is 398 g/mol. The lowest BCUT2D eigenvalue weighted by Gasteiger charge is -2.17. The lowest BCUT2D eigenvalue weighted by Crippen LogP contribution is -2.12. The van der Waals surface area contributed by atoms with Gasteiger partial charge in [-0.15, -0.1) is 10.2 Å².